The van der Waals surface area contributed by atoms with Crippen LogP contribution in [-0.4, -0.2) is 27.3 Å². The number of aromatic nitrogens is 2. The van der Waals surface area contributed by atoms with Gasteiger partial charge in [0.05, 0.1) is 6.04 Å². The maximum Gasteiger partial charge on any atom is 0.257 e. The van der Waals surface area contributed by atoms with Gasteiger partial charge in [-0.25, -0.2) is 4.98 Å². The molecule has 1 aromatic rings. The minimum absolute atomic E-state index is 0.0118. The van der Waals surface area contributed by atoms with E-state index in [9.17, 15) is 9.59 Å². The van der Waals surface area contributed by atoms with Gasteiger partial charge in [0.2, 0.25) is 5.91 Å². The van der Waals surface area contributed by atoms with Gasteiger partial charge < -0.3 is 5.32 Å². The summed E-state index contributed by atoms with van der Waals surface area (Å²) in [6.07, 6.45) is 9.13. The molecule has 1 fully saturated rings. The molecule has 120 valence electrons. The minimum Gasteiger partial charge on any atom is -0.353 e. The largest absolute Gasteiger partial charge is 0.353 e. The third-order valence-electron chi connectivity index (χ3n) is 4.54. The highest BCUT2D eigenvalue weighted by molar-refractivity contribution is 7.99. The van der Waals surface area contributed by atoms with E-state index in [0.29, 0.717) is 18.0 Å². The summed E-state index contributed by atoms with van der Waals surface area (Å²) in [6.45, 7) is 1.77. The highest BCUT2D eigenvalue weighted by Gasteiger charge is 2.28. The van der Waals surface area contributed by atoms with E-state index in [1.807, 2.05) is 0 Å². The van der Waals surface area contributed by atoms with E-state index in [1.165, 1.54) is 25.7 Å². The first-order valence-electron chi connectivity index (χ1n) is 8.15. The maximum atomic E-state index is 12.3. The predicted octanol–water partition coefficient (Wildman–Crippen LogP) is 2.43. The zero-order valence-electron chi connectivity index (χ0n) is 13.0. The van der Waals surface area contributed by atoms with E-state index in [4.69, 9.17) is 0 Å². The average molecular weight is 321 g/mol. The number of hydrogen-bond donors (Lipinski definition) is 1. The lowest BCUT2D eigenvalue weighted by Gasteiger charge is -2.18. The number of nitrogens with one attached hydrogen (secondary N) is 1. The molecule has 0 spiro atoms. The molecule has 0 saturated heterocycles. The molecule has 22 heavy (non-hydrogen) atoms. The van der Waals surface area contributed by atoms with Gasteiger partial charge in [-0.15, -0.1) is 0 Å². The second-order valence-electron chi connectivity index (χ2n) is 6.32. The van der Waals surface area contributed by atoms with Crippen LogP contribution < -0.4 is 10.9 Å². The fraction of sp³-hybridized carbons (Fsp3) is 0.688. The summed E-state index contributed by atoms with van der Waals surface area (Å²) in [5.41, 5.74) is 0.627. The van der Waals surface area contributed by atoms with E-state index < -0.39 is 0 Å². The van der Waals surface area contributed by atoms with Gasteiger partial charge in [-0.3, -0.25) is 14.2 Å². The van der Waals surface area contributed by atoms with Crippen molar-refractivity contribution in [3.63, 3.8) is 0 Å². The smallest absolute Gasteiger partial charge is 0.257 e. The molecule has 1 atom stereocenters. The molecule has 0 aromatic carbocycles. The molecular formula is C16H23N3O2S. The number of hydrogen-bond acceptors (Lipinski definition) is 4. The molecule has 1 aromatic heterocycles. The van der Waals surface area contributed by atoms with Crippen molar-refractivity contribution in [3.8, 4) is 0 Å². The Labute approximate surface area is 134 Å². The molecule has 6 heteroatoms. The molecule has 1 saturated carbocycles. The highest BCUT2D eigenvalue weighted by atomic mass is 32.2. The van der Waals surface area contributed by atoms with Gasteiger partial charge in [-0.1, -0.05) is 37.4 Å². The number of rotatable bonds is 3. The third-order valence-corrected chi connectivity index (χ3v) is 5.65. The SMILES string of the molecule is Cc1cnc2n(c1=O)C(CC(=O)NC1CCCCCC1)CS2. The van der Waals surface area contributed by atoms with Crippen molar-refractivity contribution < 1.29 is 4.79 Å². The Morgan fingerprint density at radius 1 is 1.36 bits per heavy atom. The summed E-state index contributed by atoms with van der Waals surface area (Å²) >= 11 is 1.56. The fourth-order valence-electron chi connectivity index (χ4n) is 3.29. The molecule has 0 bridgehead atoms. The Kier molecular flexibility index (Phi) is 4.86. The topological polar surface area (TPSA) is 64.0 Å². The lowest BCUT2D eigenvalue weighted by Crippen LogP contribution is -2.37. The first kappa shape index (κ1) is 15.6. The zero-order valence-corrected chi connectivity index (χ0v) is 13.8. The van der Waals surface area contributed by atoms with Crippen molar-refractivity contribution in [1.29, 1.82) is 0 Å². The van der Waals surface area contributed by atoms with Crippen LogP contribution in [0.3, 0.4) is 0 Å². The lowest BCUT2D eigenvalue weighted by atomic mass is 10.1. The number of carbonyl (C=O) groups is 1. The number of amides is 1. The monoisotopic (exact) mass is 321 g/mol. The fourth-order valence-corrected chi connectivity index (χ4v) is 4.40. The number of carbonyl (C=O) groups excluding carboxylic acids is 1. The molecule has 1 amide bonds. The second kappa shape index (κ2) is 6.86. The van der Waals surface area contributed by atoms with Crippen LogP contribution in [0.2, 0.25) is 0 Å². The van der Waals surface area contributed by atoms with Gasteiger partial charge in [-0.2, -0.15) is 0 Å². The minimum atomic E-state index is -0.0642. The Morgan fingerprint density at radius 2 is 2.09 bits per heavy atom. The van der Waals surface area contributed by atoms with Crippen molar-refractivity contribution >= 4 is 17.7 Å². The van der Waals surface area contributed by atoms with Crippen molar-refractivity contribution in [3.05, 3.63) is 22.1 Å². The van der Waals surface area contributed by atoms with E-state index in [0.717, 1.165) is 23.8 Å². The standard InChI is InChI=1S/C16H23N3O2S/c1-11-9-17-16-19(15(11)21)13(10-22-16)8-14(20)18-12-6-4-2-3-5-7-12/h9,12-13H,2-8,10H2,1H3,(H,18,20). The Balaban J connectivity index is 1.64. The molecular weight excluding hydrogens is 298 g/mol. The number of nitrogens with zero attached hydrogens (tertiary/aromatic N) is 2. The Morgan fingerprint density at radius 3 is 2.82 bits per heavy atom. The highest BCUT2D eigenvalue weighted by Crippen LogP contribution is 2.31. The number of thioether (sulfide) groups is 1. The second-order valence-corrected chi connectivity index (χ2v) is 7.31. The normalized spacial score (nSPS) is 22.1. The van der Waals surface area contributed by atoms with Gasteiger partial charge in [0.15, 0.2) is 5.16 Å². The molecule has 3 rings (SSSR count). The summed E-state index contributed by atoms with van der Waals surface area (Å²) in [6, 6.07) is 0.251. The number of aryl methyl sites for hydroxylation is 1. The van der Waals surface area contributed by atoms with Crippen molar-refractivity contribution in [2.75, 3.05) is 5.75 Å². The van der Waals surface area contributed by atoms with Gasteiger partial charge in [0.25, 0.3) is 5.56 Å². The van der Waals surface area contributed by atoms with E-state index >= 15 is 0 Å². The Hall–Kier alpha value is -1.30. The molecule has 2 aliphatic rings. The van der Waals surface area contributed by atoms with Crippen LogP contribution in [0.25, 0.3) is 0 Å². The van der Waals surface area contributed by atoms with Crippen molar-refractivity contribution in [1.82, 2.24) is 14.9 Å². The average Bonchev–Trinajstić information content (AvgIpc) is 2.72. The molecule has 5 nitrogen and oxygen atoms in total. The summed E-state index contributed by atoms with van der Waals surface area (Å²) in [7, 11) is 0. The van der Waals surface area contributed by atoms with Crippen molar-refractivity contribution in [2.24, 2.45) is 0 Å². The van der Waals surface area contributed by atoms with Crippen LogP contribution in [-0.2, 0) is 4.79 Å². The quantitative estimate of drug-likeness (QED) is 0.686. The summed E-state index contributed by atoms with van der Waals surface area (Å²) in [4.78, 5) is 28.9. The van der Waals surface area contributed by atoms with Crippen LogP contribution in [0, 0.1) is 6.92 Å². The number of fused-ring (bicyclic) bond motifs is 1. The van der Waals surface area contributed by atoms with Crippen LogP contribution in [0.1, 0.15) is 56.6 Å². The van der Waals surface area contributed by atoms with Crippen LogP contribution in [0.5, 0.6) is 0 Å². The molecule has 2 heterocycles. The molecule has 1 N–H and O–H groups in total. The van der Waals surface area contributed by atoms with Gasteiger partial charge in [0.1, 0.15) is 0 Å². The molecule has 1 unspecified atom stereocenters. The summed E-state index contributed by atoms with van der Waals surface area (Å²) in [5, 5.41) is 3.91. The van der Waals surface area contributed by atoms with Crippen LogP contribution in [0.4, 0.5) is 0 Å². The van der Waals surface area contributed by atoms with E-state index in [2.05, 4.69) is 10.3 Å². The van der Waals surface area contributed by atoms with Gasteiger partial charge in [0, 0.05) is 30.0 Å². The van der Waals surface area contributed by atoms with E-state index in [1.54, 1.807) is 29.4 Å². The Bertz CT molecular complexity index is 606. The van der Waals surface area contributed by atoms with E-state index in [-0.39, 0.29) is 17.5 Å². The maximum absolute atomic E-state index is 12.3. The third kappa shape index (κ3) is 3.37. The van der Waals surface area contributed by atoms with Crippen LogP contribution in [0.15, 0.2) is 16.1 Å². The lowest BCUT2D eigenvalue weighted by molar-refractivity contribution is -0.122. The van der Waals surface area contributed by atoms with Crippen molar-refractivity contribution in [2.45, 2.75) is 69.1 Å². The molecule has 0 radical (unpaired) electrons. The molecule has 1 aliphatic heterocycles. The zero-order chi connectivity index (χ0) is 15.5. The van der Waals surface area contributed by atoms with Gasteiger partial charge >= 0.3 is 0 Å². The van der Waals surface area contributed by atoms with Gasteiger partial charge in [-0.05, 0) is 19.8 Å². The summed E-state index contributed by atoms with van der Waals surface area (Å²) in [5.74, 6) is 0.822. The molecule has 1 aliphatic carbocycles. The van der Waals surface area contributed by atoms with Crippen LogP contribution >= 0.6 is 11.8 Å². The predicted molar refractivity (Wildman–Crippen MR) is 87.2 cm³/mol. The summed E-state index contributed by atoms with van der Waals surface area (Å²) < 4.78 is 1.70. The first-order valence-corrected chi connectivity index (χ1v) is 9.14. The first-order chi connectivity index (χ1) is 10.6.